The summed E-state index contributed by atoms with van der Waals surface area (Å²) in [5.74, 6) is -1.49. The van der Waals surface area contributed by atoms with Gasteiger partial charge in [0.1, 0.15) is 11.9 Å². The molecule has 2 aromatic rings. The van der Waals surface area contributed by atoms with Gasteiger partial charge in [-0.3, -0.25) is 14.4 Å². The van der Waals surface area contributed by atoms with E-state index in [1.807, 2.05) is 49.6 Å². The number of carbonyl (C=O) groups excluding carboxylic acids is 3. The molecule has 0 saturated heterocycles. The number of hydrogen-bond donors (Lipinski definition) is 2. The molecule has 0 heterocycles. The van der Waals surface area contributed by atoms with Crippen LogP contribution in [0.15, 0.2) is 47.4 Å². The quantitative estimate of drug-likeness (QED) is 0.393. The highest BCUT2D eigenvalue weighted by molar-refractivity contribution is 8.03. The molecule has 7 nitrogen and oxygen atoms in total. The van der Waals surface area contributed by atoms with Gasteiger partial charge >= 0.3 is 5.97 Å². The maximum Gasteiger partial charge on any atom is 0.325 e. The summed E-state index contributed by atoms with van der Waals surface area (Å²) in [6, 6.07) is 12.7. The van der Waals surface area contributed by atoms with Crippen LogP contribution in [-0.4, -0.2) is 30.9 Å². The number of hydrogen-bond acceptors (Lipinski definition) is 6. The van der Waals surface area contributed by atoms with Gasteiger partial charge < -0.3 is 15.4 Å². The maximum atomic E-state index is 12.1. The molecule has 0 aliphatic carbocycles. The Bertz CT molecular complexity index is 916. The number of nitrogens with zero attached hydrogens (tertiary/aromatic N) is 1. The van der Waals surface area contributed by atoms with Crippen LogP contribution in [0.5, 0.6) is 0 Å². The summed E-state index contributed by atoms with van der Waals surface area (Å²) < 4.78 is 4.91. The van der Waals surface area contributed by atoms with Crippen LogP contribution in [0, 0.1) is 24.5 Å². The van der Waals surface area contributed by atoms with Gasteiger partial charge in [-0.05, 0) is 54.4 Å². The van der Waals surface area contributed by atoms with Gasteiger partial charge in [-0.1, -0.05) is 30.3 Å². The second-order valence-corrected chi connectivity index (χ2v) is 7.13. The zero-order valence-electron chi connectivity index (χ0n) is 16.2. The molecule has 0 unspecified atom stereocenters. The van der Waals surface area contributed by atoms with Crippen molar-refractivity contribution in [1.82, 2.24) is 5.32 Å². The number of benzene rings is 2. The first-order valence-electron chi connectivity index (χ1n) is 8.82. The third-order valence-electron chi connectivity index (χ3n) is 3.94. The van der Waals surface area contributed by atoms with Crippen LogP contribution in [-0.2, 0) is 25.5 Å². The lowest BCUT2D eigenvalue weighted by molar-refractivity contribution is -0.147. The van der Waals surface area contributed by atoms with Crippen LogP contribution in [0.25, 0.3) is 0 Å². The van der Waals surface area contributed by atoms with E-state index in [1.54, 1.807) is 12.1 Å². The number of thioether (sulfide) groups is 1. The Balaban J connectivity index is 1.77. The number of thiocyanates is 1. The number of rotatable bonds is 8. The first kappa shape index (κ1) is 22.0. The Morgan fingerprint density at radius 1 is 1.07 bits per heavy atom. The Kier molecular flexibility index (Phi) is 8.25. The van der Waals surface area contributed by atoms with Crippen LogP contribution in [0.2, 0.25) is 0 Å². The average molecular weight is 411 g/mol. The number of nitrogens with one attached hydrogen (secondary N) is 2. The molecule has 2 amide bonds. The molecule has 29 heavy (non-hydrogen) atoms. The van der Waals surface area contributed by atoms with Crippen molar-refractivity contribution in [1.29, 1.82) is 5.26 Å². The standard InChI is InChI=1S/C21H21N3O4S/c1-14-8-17(29-13-22)9-15(2)21(14)24-19(26)12-28-20(27)11-23-18(25)10-16-6-4-3-5-7-16/h3-9H,10-12H2,1-2H3,(H,23,25)(H,24,26). The van der Waals surface area contributed by atoms with Crippen molar-refractivity contribution in [3.05, 3.63) is 59.2 Å². The normalized spacial score (nSPS) is 9.97. The second kappa shape index (κ2) is 10.9. The highest BCUT2D eigenvalue weighted by Gasteiger charge is 2.13. The van der Waals surface area contributed by atoms with Gasteiger partial charge in [-0.15, -0.1) is 0 Å². The summed E-state index contributed by atoms with van der Waals surface area (Å²) in [6.45, 7) is 2.87. The lowest BCUT2D eigenvalue weighted by Gasteiger charge is -2.13. The highest BCUT2D eigenvalue weighted by atomic mass is 32.2. The third kappa shape index (κ3) is 7.31. The van der Waals surface area contributed by atoms with Gasteiger partial charge in [0.05, 0.1) is 6.42 Å². The average Bonchev–Trinajstić information content (AvgIpc) is 2.68. The van der Waals surface area contributed by atoms with Gasteiger partial charge in [-0.2, -0.15) is 5.26 Å². The summed E-state index contributed by atoms with van der Waals surface area (Å²) in [5.41, 5.74) is 3.05. The van der Waals surface area contributed by atoms with Crippen molar-refractivity contribution in [3.8, 4) is 5.40 Å². The van der Waals surface area contributed by atoms with E-state index in [0.29, 0.717) is 5.69 Å². The minimum atomic E-state index is -0.698. The Hall–Kier alpha value is -3.31. The fourth-order valence-corrected chi connectivity index (χ4v) is 3.20. The van der Waals surface area contributed by atoms with Crippen LogP contribution < -0.4 is 10.6 Å². The van der Waals surface area contributed by atoms with Gasteiger partial charge in [0.15, 0.2) is 6.61 Å². The lowest BCUT2D eigenvalue weighted by atomic mass is 10.1. The maximum absolute atomic E-state index is 12.1. The van der Waals surface area contributed by atoms with Crippen molar-refractivity contribution in [2.45, 2.75) is 25.2 Å². The van der Waals surface area contributed by atoms with E-state index in [-0.39, 0.29) is 18.9 Å². The molecular formula is C21H21N3O4S. The van der Waals surface area contributed by atoms with E-state index in [0.717, 1.165) is 33.3 Å². The summed E-state index contributed by atoms with van der Waals surface area (Å²) in [6.07, 6.45) is 0.160. The smallest absolute Gasteiger partial charge is 0.325 e. The summed E-state index contributed by atoms with van der Waals surface area (Å²) in [5, 5.41) is 15.9. The van der Waals surface area contributed by atoms with Crippen molar-refractivity contribution < 1.29 is 19.1 Å². The number of ether oxygens (including phenoxy) is 1. The van der Waals surface area contributed by atoms with Crippen molar-refractivity contribution in [2.75, 3.05) is 18.5 Å². The molecule has 0 fully saturated rings. The van der Waals surface area contributed by atoms with Gasteiger partial charge in [0.25, 0.3) is 5.91 Å². The Labute approximate surface area is 173 Å². The molecule has 0 aromatic heterocycles. The van der Waals surface area contributed by atoms with Crippen molar-refractivity contribution in [2.24, 2.45) is 0 Å². The monoisotopic (exact) mass is 411 g/mol. The molecule has 2 N–H and O–H groups in total. The molecule has 2 aromatic carbocycles. The van der Waals surface area contributed by atoms with Crippen LogP contribution >= 0.6 is 11.8 Å². The van der Waals surface area contributed by atoms with E-state index in [2.05, 4.69) is 10.6 Å². The Morgan fingerprint density at radius 3 is 2.34 bits per heavy atom. The van der Waals surface area contributed by atoms with Gasteiger partial charge in [0, 0.05) is 10.6 Å². The van der Waals surface area contributed by atoms with Crippen molar-refractivity contribution >= 4 is 35.2 Å². The first-order valence-corrected chi connectivity index (χ1v) is 9.64. The molecule has 0 bridgehead atoms. The summed E-state index contributed by atoms with van der Waals surface area (Å²) in [7, 11) is 0. The van der Waals surface area contributed by atoms with E-state index in [1.165, 1.54) is 0 Å². The molecular weight excluding hydrogens is 390 g/mol. The molecule has 8 heteroatoms. The number of aryl methyl sites for hydroxylation is 2. The number of nitriles is 1. The minimum Gasteiger partial charge on any atom is -0.454 e. The third-order valence-corrected chi connectivity index (χ3v) is 4.50. The van der Waals surface area contributed by atoms with E-state index < -0.39 is 18.5 Å². The van der Waals surface area contributed by atoms with Gasteiger partial charge in [0.2, 0.25) is 5.91 Å². The highest BCUT2D eigenvalue weighted by Crippen LogP contribution is 2.27. The molecule has 150 valence electrons. The zero-order valence-corrected chi connectivity index (χ0v) is 17.0. The molecule has 0 aliphatic rings. The molecule has 2 rings (SSSR count). The number of carbonyl (C=O) groups is 3. The molecule has 0 atom stereocenters. The van der Waals surface area contributed by atoms with E-state index >= 15 is 0 Å². The fraction of sp³-hybridized carbons (Fsp3) is 0.238. The Morgan fingerprint density at radius 2 is 1.72 bits per heavy atom. The second-order valence-electron chi connectivity index (χ2n) is 6.27. The summed E-state index contributed by atoms with van der Waals surface area (Å²) >= 11 is 1.04. The topological polar surface area (TPSA) is 108 Å². The SMILES string of the molecule is Cc1cc(SC#N)cc(C)c1NC(=O)COC(=O)CNC(=O)Cc1ccccc1. The zero-order chi connectivity index (χ0) is 21.2. The molecule has 0 aliphatic heterocycles. The number of anilines is 1. The largest absolute Gasteiger partial charge is 0.454 e. The van der Waals surface area contributed by atoms with Crippen molar-refractivity contribution in [3.63, 3.8) is 0 Å². The van der Waals surface area contributed by atoms with E-state index in [4.69, 9.17) is 10.00 Å². The number of amides is 2. The molecule has 0 spiro atoms. The predicted molar refractivity (Wildman–Crippen MR) is 110 cm³/mol. The first-order chi connectivity index (χ1) is 13.9. The summed E-state index contributed by atoms with van der Waals surface area (Å²) in [4.78, 5) is 36.5. The van der Waals surface area contributed by atoms with Gasteiger partial charge in [-0.25, -0.2) is 0 Å². The fourth-order valence-electron chi connectivity index (χ4n) is 2.62. The van der Waals surface area contributed by atoms with Crippen LogP contribution in [0.1, 0.15) is 16.7 Å². The van der Waals surface area contributed by atoms with Crippen LogP contribution in [0.4, 0.5) is 5.69 Å². The molecule has 0 saturated carbocycles. The minimum absolute atomic E-state index is 0.160. The predicted octanol–water partition coefficient (Wildman–Crippen LogP) is 2.72. The lowest BCUT2D eigenvalue weighted by Crippen LogP contribution is -2.33. The number of esters is 1. The van der Waals surface area contributed by atoms with E-state index in [9.17, 15) is 14.4 Å². The molecule has 0 radical (unpaired) electrons. The van der Waals surface area contributed by atoms with Crippen LogP contribution in [0.3, 0.4) is 0 Å².